The lowest BCUT2D eigenvalue weighted by Gasteiger charge is -2.09. The van der Waals surface area contributed by atoms with Gasteiger partial charge in [-0.3, -0.25) is 14.2 Å². The van der Waals surface area contributed by atoms with Gasteiger partial charge in [-0.2, -0.15) is 0 Å². The third kappa shape index (κ3) is 5.46. The molecule has 3 aromatic rings. The zero-order chi connectivity index (χ0) is 19.9. The van der Waals surface area contributed by atoms with Crippen LogP contribution in [0.5, 0.6) is 0 Å². The highest BCUT2D eigenvalue weighted by atomic mass is 79.9. The van der Waals surface area contributed by atoms with Crippen LogP contribution in [0.4, 0.5) is 5.69 Å². The molecule has 0 saturated carbocycles. The van der Waals surface area contributed by atoms with Crippen molar-refractivity contribution in [2.24, 2.45) is 0 Å². The first-order valence-corrected chi connectivity index (χ1v) is 10.3. The average molecular weight is 459 g/mol. The van der Waals surface area contributed by atoms with E-state index in [9.17, 15) is 9.59 Å². The topological polar surface area (TPSA) is 76.0 Å². The summed E-state index contributed by atoms with van der Waals surface area (Å²) < 4.78 is 2.72. The van der Waals surface area contributed by atoms with Gasteiger partial charge in [0.25, 0.3) is 0 Å². The molecule has 0 bridgehead atoms. The van der Waals surface area contributed by atoms with Gasteiger partial charge in [-0.15, -0.1) is 0 Å². The third-order valence-corrected chi connectivity index (χ3v) is 5.47. The molecule has 1 heterocycles. The van der Waals surface area contributed by atoms with Crippen molar-refractivity contribution in [3.63, 3.8) is 0 Å². The number of halogens is 1. The quantitative estimate of drug-likeness (QED) is 0.528. The van der Waals surface area contributed by atoms with Gasteiger partial charge in [-0.1, -0.05) is 36.0 Å². The Balaban J connectivity index is 1.50. The number of carbonyl (C=O) groups excluding carboxylic acids is 2. The van der Waals surface area contributed by atoms with Gasteiger partial charge in [0.15, 0.2) is 5.16 Å². The number of aromatic nitrogens is 2. The molecule has 2 aromatic carbocycles. The van der Waals surface area contributed by atoms with Crippen LogP contribution in [-0.2, 0) is 9.59 Å². The number of benzene rings is 2. The number of nitrogens with one attached hydrogen (secondary N) is 2. The monoisotopic (exact) mass is 458 g/mol. The number of hydrogen-bond acceptors (Lipinski definition) is 4. The molecule has 0 spiro atoms. The van der Waals surface area contributed by atoms with E-state index in [1.54, 1.807) is 12.3 Å². The summed E-state index contributed by atoms with van der Waals surface area (Å²) in [6.45, 7) is 1.94. The lowest BCUT2D eigenvalue weighted by molar-refractivity contribution is -0.122. The second kappa shape index (κ2) is 9.57. The van der Waals surface area contributed by atoms with Crippen LogP contribution in [0.1, 0.15) is 5.56 Å². The van der Waals surface area contributed by atoms with Crippen molar-refractivity contribution < 1.29 is 9.59 Å². The highest BCUT2D eigenvalue weighted by molar-refractivity contribution is 9.10. The summed E-state index contributed by atoms with van der Waals surface area (Å²) in [5, 5.41) is 6.10. The van der Waals surface area contributed by atoms with Crippen LogP contribution in [0.15, 0.2) is 70.6 Å². The third-order valence-electron chi connectivity index (χ3n) is 3.81. The Morgan fingerprint density at radius 2 is 1.96 bits per heavy atom. The first kappa shape index (κ1) is 20.2. The Hall–Kier alpha value is -2.58. The van der Waals surface area contributed by atoms with E-state index in [4.69, 9.17) is 0 Å². The Bertz CT molecular complexity index is 990. The molecule has 0 atom stereocenters. The zero-order valence-electron chi connectivity index (χ0n) is 15.2. The molecular weight excluding hydrogens is 440 g/mol. The molecule has 0 aliphatic carbocycles. The Kier molecular flexibility index (Phi) is 6.89. The van der Waals surface area contributed by atoms with E-state index in [0.29, 0.717) is 5.69 Å². The molecule has 8 heteroatoms. The van der Waals surface area contributed by atoms with Gasteiger partial charge < -0.3 is 10.6 Å². The molecule has 0 saturated heterocycles. The number of anilines is 1. The van der Waals surface area contributed by atoms with E-state index in [1.807, 2.05) is 54.1 Å². The average Bonchev–Trinajstić information content (AvgIpc) is 3.15. The Morgan fingerprint density at radius 3 is 2.75 bits per heavy atom. The van der Waals surface area contributed by atoms with Crippen LogP contribution in [0, 0.1) is 6.92 Å². The summed E-state index contributed by atoms with van der Waals surface area (Å²) in [5.74, 6) is -0.344. The van der Waals surface area contributed by atoms with Crippen molar-refractivity contribution in [3.8, 4) is 5.69 Å². The summed E-state index contributed by atoms with van der Waals surface area (Å²) in [7, 11) is 0. The fourth-order valence-corrected chi connectivity index (χ4v) is 3.67. The Labute approximate surface area is 175 Å². The van der Waals surface area contributed by atoms with E-state index in [0.717, 1.165) is 20.9 Å². The van der Waals surface area contributed by atoms with Gasteiger partial charge in [0.2, 0.25) is 11.8 Å². The van der Waals surface area contributed by atoms with Crippen molar-refractivity contribution in [1.82, 2.24) is 14.9 Å². The molecule has 0 aliphatic rings. The standard InChI is InChI=1S/C20H19BrN4O2S/c1-14-5-4-6-15(11-14)25-10-9-22-20(25)28-13-19(27)23-12-18(26)24-17-8-3-2-7-16(17)21/h2-11H,12-13H2,1H3,(H,23,27)(H,24,26). The highest BCUT2D eigenvalue weighted by Gasteiger charge is 2.11. The van der Waals surface area contributed by atoms with Crippen molar-refractivity contribution in [2.45, 2.75) is 12.1 Å². The SMILES string of the molecule is Cc1cccc(-n2ccnc2SCC(=O)NCC(=O)Nc2ccccc2Br)c1. The van der Waals surface area contributed by atoms with Gasteiger partial charge in [0.05, 0.1) is 18.0 Å². The second-order valence-electron chi connectivity index (χ2n) is 6.01. The maximum absolute atomic E-state index is 12.1. The number of para-hydroxylation sites is 1. The van der Waals surface area contributed by atoms with E-state index in [-0.39, 0.29) is 24.1 Å². The summed E-state index contributed by atoms with van der Waals surface area (Å²) in [6, 6.07) is 15.4. The minimum Gasteiger partial charge on any atom is -0.346 e. The number of rotatable bonds is 7. The van der Waals surface area contributed by atoms with Crippen LogP contribution in [0.2, 0.25) is 0 Å². The van der Waals surface area contributed by atoms with Crippen LogP contribution in [-0.4, -0.2) is 33.7 Å². The van der Waals surface area contributed by atoms with Crippen LogP contribution in [0.3, 0.4) is 0 Å². The second-order valence-corrected chi connectivity index (χ2v) is 7.81. The van der Waals surface area contributed by atoms with Crippen LogP contribution in [0.25, 0.3) is 5.69 Å². The van der Waals surface area contributed by atoms with Crippen molar-refractivity contribution >= 4 is 45.2 Å². The molecule has 0 unspecified atom stereocenters. The predicted molar refractivity (Wildman–Crippen MR) is 115 cm³/mol. The largest absolute Gasteiger partial charge is 0.346 e. The summed E-state index contributed by atoms with van der Waals surface area (Å²) >= 11 is 4.69. The summed E-state index contributed by atoms with van der Waals surface area (Å²) in [6.07, 6.45) is 3.56. The number of carbonyl (C=O) groups is 2. The first-order chi connectivity index (χ1) is 13.5. The normalized spacial score (nSPS) is 10.5. The molecule has 1 aromatic heterocycles. The smallest absolute Gasteiger partial charge is 0.243 e. The molecule has 2 N–H and O–H groups in total. The number of imidazole rings is 1. The predicted octanol–water partition coefficient (Wildman–Crippen LogP) is 3.79. The van der Waals surface area contributed by atoms with Crippen LogP contribution < -0.4 is 10.6 Å². The summed E-state index contributed by atoms with van der Waals surface area (Å²) in [4.78, 5) is 28.4. The van der Waals surface area contributed by atoms with E-state index in [2.05, 4.69) is 37.6 Å². The van der Waals surface area contributed by atoms with Crippen LogP contribution >= 0.6 is 27.7 Å². The van der Waals surface area contributed by atoms with E-state index < -0.39 is 0 Å². The van der Waals surface area contributed by atoms with Gasteiger partial charge >= 0.3 is 0 Å². The van der Waals surface area contributed by atoms with Crippen molar-refractivity contribution in [1.29, 1.82) is 0 Å². The molecule has 144 valence electrons. The molecule has 3 rings (SSSR count). The number of nitrogens with zero attached hydrogens (tertiary/aromatic N) is 2. The molecule has 0 radical (unpaired) electrons. The lowest BCUT2D eigenvalue weighted by Crippen LogP contribution is -2.34. The van der Waals surface area contributed by atoms with Gasteiger partial charge in [0.1, 0.15) is 0 Å². The first-order valence-electron chi connectivity index (χ1n) is 8.57. The zero-order valence-corrected chi connectivity index (χ0v) is 17.6. The van der Waals surface area contributed by atoms with Gasteiger partial charge in [-0.05, 0) is 52.7 Å². The molecule has 28 heavy (non-hydrogen) atoms. The molecule has 0 aliphatic heterocycles. The maximum Gasteiger partial charge on any atom is 0.243 e. The van der Waals surface area contributed by atoms with E-state index in [1.165, 1.54) is 11.8 Å². The molecule has 0 fully saturated rings. The Morgan fingerprint density at radius 1 is 1.14 bits per heavy atom. The van der Waals surface area contributed by atoms with Gasteiger partial charge in [0, 0.05) is 22.6 Å². The lowest BCUT2D eigenvalue weighted by atomic mass is 10.2. The van der Waals surface area contributed by atoms with E-state index >= 15 is 0 Å². The molecule has 6 nitrogen and oxygen atoms in total. The number of amides is 2. The number of hydrogen-bond donors (Lipinski definition) is 2. The van der Waals surface area contributed by atoms with Crippen molar-refractivity contribution in [2.75, 3.05) is 17.6 Å². The van der Waals surface area contributed by atoms with Crippen molar-refractivity contribution in [3.05, 3.63) is 71.0 Å². The fourth-order valence-electron chi connectivity index (χ4n) is 2.49. The fraction of sp³-hybridized carbons (Fsp3) is 0.150. The number of thioether (sulfide) groups is 1. The molecule has 2 amide bonds. The summed E-state index contributed by atoms with van der Waals surface area (Å²) in [5.41, 5.74) is 2.81. The van der Waals surface area contributed by atoms with Gasteiger partial charge in [-0.25, -0.2) is 4.98 Å². The molecular formula is C20H19BrN4O2S. The highest BCUT2D eigenvalue weighted by Crippen LogP contribution is 2.22. The minimum absolute atomic E-state index is 0.0902. The number of aryl methyl sites for hydroxylation is 1. The minimum atomic E-state index is -0.286. The maximum atomic E-state index is 12.1.